The Kier molecular flexibility index (Phi) is 4.21. The molecule has 1 aromatic rings. The van der Waals surface area contributed by atoms with Crippen molar-refractivity contribution in [1.82, 2.24) is 10.2 Å². The first-order chi connectivity index (χ1) is 9.83. The molecule has 1 aliphatic heterocycles. The molecule has 0 spiro atoms. The van der Waals surface area contributed by atoms with Crippen molar-refractivity contribution in [3.05, 3.63) is 35.9 Å². The van der Waals surface area contributed by atoms with Crippen molar-refractivity contribution < 1.29 is 9.53 Å². The summed E-state index contributed by atoms with van der Waals surface area (Å²) in [4.78, 5) is 14.1. The zero-order valence-corrected chi connectivity index (χ0v) is 11.8. The highest BCUT2D eigenvalue weighted by Crippen LogP contribution is 2.22. The summed E-state index contributed by atoms with van der Waals surface area (Å²) in [5, 5.41) is 3.51. The van der Waals surface area contributed by atoms with Gasteiger partial charge in [-0.1, -0.05) is 30.3 Å². The Balaban J connectivity index is 1.47. The molecule has 1 aromatic carbocycles. The number of amides is 1. The van der Waals surface area contributed by atoms with Crippen molar-refractivity contribution in [2.75, 3.05) is 13.1 Å². The average molecular weight is 274 g/mol. The minimum Gasteiger partial charge on any atom is -0.445 e. The third kappa shape index (κ3) is 3.51. The van der Waals surface area contributed by atoms with E-state index in [-0.39, 0.29) is 6.09 Å². The van der Waals surface area contributed by atoms with Gasteiger partial charge >= 0.3 is 6.09 Å². The molecule has 1 atom stereocenters. The Labute approximate surface area is 120 Å². The zero-order valence-electron chi connectivity index (χ0n) is 11.8. The van der Waals surface area contributed by atoms with Crippen LogP contribution in [-0.4, -0.2) is 36.2 Å². The largest absolute Gasteiger partial charge is 0.445 e. The summed E-state index contributed by atoms with van der Waals surface area (Å²) in [5.74, 6) is 0. The van der Waals surface area contributed by atoms with Crippen molar-refractivity contribution in [2.45, 2.75) is 44.4 Å². The molecule has 2 aliphatic rings. The van der Waals surface area contributed by atoms with E-state index in [1.165, 1.54) is 12.8 Å². The maximum Gasteiger partial charge on any atom is 0.410 e. The lowest BCUT2D eigenvalue weighted by atomic mass is 10.2. The van der Waals surface area contributed by atoms with Gasteiger partial charge in [-0.15, -0.1) is 0 Å². The van der Waals surface area contributed by atoms with Gasteiger partial charge in [0.1, 0.15) is 6.61 Å². The smallest absolute Gasteiger partial charge is 0.410 e. The number of rotatable bonds is 5. The standard InChI is InChI=1S/C16H22N2O2/c19-16(20-12-13-5-2-1-3-6-13)18-10-4-7-15(18)11-17-14-8-9-14/h1-3,5-6,14-15,17H,4,7-12H2. The molecule has 0 aromatic heterocycles. The number of nitrogens with one attached hydrogen (secondary N) is 1. The molecule has 20 heavy (non-hydrogen) atoms. The van der Waals surface area contributed by atoms with Crippen molar-refractivity contribution in [2.24, 2.45) is 0 Å². The number of benzene rings is 1. The van der Waals surface area contributed by atoms with E-state index in [1.807, 2.05) is 35.2 Å². The zero-order chi connectivity index (χ0) is 13.8. The van der Waals surface area contributed by atoms with Crippen LogP contribution < -0.4 is 5.32 Å². The van der Waals surface area contributed by atoms with Crippen LogP contribution in [0.4, 0.5) is 4.79 Å². The van der Waals surface area contributed by atoms with Crippen LogP contribution in [0.1, 0.15) is 31.2 Å². The van der Waals surface area contributed by atoms with Crippen LogP contribution in [0.15, 0.2) is 30.3 Å². The van der Waals surface area contributed by atoms with Crippen LogP contribution in [0.3, 0.4) is 0 Å². The second-order valence-corrected chi connectivity index (χ2v) is 5.71. The molecule has 1 saturated heterocycles. The van der Waals surface area contributed by atoms with E-state index in [0.717, 1.165) is 31.5 Å². The molecular formula is C16H22N2O2. The molecule has 1 N–H and O–H groups in total. The molecule has 3 rings (SSSR count). The second kappa shape index (κ2) is 6.27. The Morgan fingerprint density at radius 1 is 1.25 bits per heavy atom. The Morgan fingerprint density at radius 3 is 2.80 bits per heavy atom. The lowest BCUT2D eigenvalue weighted by Crippen LogP contribution is -2.42. The van der Waals surface area contributed by atoms with Gasteiger partial charge in [0.15, 0.2) is 0 Å². The third-order valence-corrected chi connectivity index (χ3v) is 4.04. The summed E-state index contributed by atoms with van der Waals surface area (Å²) in [6.45, 7) is 2.09. The maximum absolute atomic E-state index is 12.2. The van der Waals surface area contributed by atoms with Gasteiger partial charge in [0.05, 0.1) is 0 Å². The fraction of sp³-hybridized carbons (Fsp3) is 0.562. The number of hydrogen-bond donors (Lipinski definition) is 1. The first kappa shape index (κ1) is 13.4. The van der Waals surface area contributed by atoms with Crippen LogP contribution in [0.5, 0.6) is 0 Å². The summed E-state index contributed by atoms with van der Waals surface area (Å²) in [7, 11) is 0. The predicted molar refractivity (Wildman–Crippen MR) is 77.4 cm³/mol. The van der Waals surface area contributed by atoms with Gasteiger partial charge in [-0.25, -0.2) is 4.79 Å². The summed E-state index contributed by atoms with van der Waals surface area (Å²) in [6.07, 6.45) is 4.56. The molecule has 2 fully saturated rings. The van der Waals surface area contributed by atoms with Gasteiger partial charge < -0.3 is 15.0 Å². The van der Waals surface area contributed by atoms with E-state index in [4.69, 9.17) is 4.74 Å². The third-order valence-electron chi connectivity index (χ3n) is 4.04. The normalized spacial score (nSPS) is 22.0. The molecule has 1 unspecified atom stereocenters. The second-order valence-electron chi connectivity index (χ2n) is 5.71. The Morgan fingerprint density at radius 2 is 2.05 bits per heavy atom. The molecule has 1 heterocycles. The highest BCUT2D eigenvalue weighted by atomic mass is 16.6. The van der Waals surface area contributed by atoms with Gasteiger partial charge in [-0.05, 0) is 31.2 Å². The highest BCUT2D eigenvalue weighted by Gasteiger charge is 2.31. The first-order valence-electron chi connectivity index (χ1n) is 7.53. The number of ether oxygens (including phenoxy) is 1. The molecular weight excluding hydrogens is 252 g/mol. The molecule has 1 aliphatic carbocycles. The maximum atomic E-state index is 12.2. The van der Waals surface area contributed by atoms with Gasteiger partial charge in [0, 0.05) is 25.2 Å². The van der Waals surface area contributed by atoms with Gasteiger partial charge in [0.2, 0.25) is 0 Å². The number of carbonyl (C=O) groups excluding carboxylic acids is 1. The van der Waals surface area contributed by atoms with Gasteiger partial charge in [-0.2, -0.15) is 0 Å². The Bertz CT molecular complexity index is 445. The van der Waals surface area contributed by atoms with E-state index < -0.39 is 0 Å². The van der Waals surface area contributed by atoms with E-state index >= 15 is 0 Å². The molecule has 4 heteroatoms. The average Bonchev–Trinajstić information content (AvgIpc) is 3.20. The summed E-state index contributed by atoms with van der Waals surface area (Å²) < 4.78 is 5.42. The molecule has 0 radical (unpaired) electrons. The number of carbonyl (C=O) groups is 1. The number of nitrogens with zero attached hydrogens (tertiary/aromatic N) is 1. The molecule has 108 valence electrons. The van der Waals surface area contributed by atoms with Crippen molar-refractivity contribution in [3.8, 4) is 0 Å². The Hall–Kier alpha value is -1.55. The topological polar surface area (TPSA) is 41.6 Å². The summed E-state index contributed by atoms with van der Waals surface area (Å²) in [6, 6.07) is 10.8. The minimum absolute atomic E-state index is 0.172. The van der Waals surface area contributed by atoms with Crippen LogP contribution in [0.2, 0.25) is 0 Å². The number of likely N-dealkylation sites (tertiary alicyclic amines) is 1. The van der Waals surface area contributed by atoms with E-state index in [1.54, 1.807) is 0 Å². The fourth-order valence-corrected chi connectivity index (χ4v) is 2.68. The summed E-state index contributed by atoms with van der Waals surface area (Å²) in [5.41, 5.74) is 1.03. The van der Waals surface area contributed by atoms with E-state index in [2.05, 4.69) is 5.32 Å². The quantitative estimate of drug-likeness (QED) is 0.897. The van der Waals surface area contributed by atoms with Crippen LogP contribution in [0, 0.1) is 0 Å². The molecule has 0 bridgehead atoms. The number of hydrogen-bond acceptors (Lipinski definition) is 3. The summed E-state index contributed by atoms with van der Waals surface area (Å²) >= 11 is 0. The van der Waals surface area contributed by atoms with Gasteiger partial charge in [-0.3, -0.25) is 0 Å². The van der Waals surface area contributed by atoms with Crippen molar-refractivity contribution in [3.63, 3.8) is 0 Å². The minimum atomic E-state index is -0.172. The fourth-order valence-electron chi connectivity index (χ4n) is 2.68. The highest BCUT2D eigenvalue weighted by molar-refractivity contribution is 5.68. The van der Waals surface area contributed by atoms with Crippen LogP contribution >= 0.6 is 0 Å². The first-order valence-corrected chi connectivity index (χ1v) is 7.53. The van der Waals surface area contributed by atoms with Gasteiger partial charge in [0.25, 0.3) is 0 Å². The predicted octanol–water partition coefficient (Wildman–Crippen LogP) is 2.54. The van der Waals surface area contributed by atoms with Crippen molar-refractivity contribution in [1.29, 1.82) is 0 Å². The van der Waals surface area contributed by atoms with E-state index in [0.29, 0.717) is 18.7 Å². The van der Waals surface area contributed by atoms with Crippen molar-refractivity contribution >= 4 is 6.09 Å². The lowest BCUT2D eigenvalue weighted by Gasteiger charge is -2.24. The monoisotopic (exact) mass is 274 g/mol. The van der Waals surface area contributed by atoms with Crippen LogP contribution in [0.25, 0.3) is 0 Å². The SMILES string of the molecule is O=C(OCc1ccccc1)N1CCCC1CNC1CC1. The molecule has 4 nitrogen and oxygen atoms in total. The van der Waals surface area contributed by atoms with E-state index in [9.17, 15) is 4.79 Å². The lowest BCUT2D eigenvalue weighted by molar-refractivity contribution is 0.0918. The van der Waals surface area contributed by atoms with Crippen LogP contribution in [-0.2, 0) is 11.3 Å². The molecule has 1 amide bonds. The molecule has 1 saturated carbocycles.